The second-order valence-electron chi connectivity index (χ2n) is 7.31. The lowest BCUT2D eigenvalue weighted by Gasteiger charge is -2.42. The number of carbonyl (C=O) groups is 1. The third-order valence-corrected chi connectivity index (χ3v) is 5.49. The Morgan fingerprint density at radius 2 is 2.04 bits per heavy atom. The molecule has 2 heterocycles. The van der Waals surface area contributed by atoms with Gasteiger partial charge in [0.2, 0.25) is 5.91 Å². The van der Waals surface area contributed by atoms with Crippen molar-refractivity contribution in [2.45, 2.75) is 45.1 Å². The summed E-state index contributed by atoms with van der Waals surface area (Å²) in [6, 6.07) is 1.92. The molecular weight excluding hydrogens is 330 g/mol. The number of hydrogen-bond donors (Lipinski definition) is 2. The monoisotopic (exact) mass is 365 g/mol. The quantitative estimate of drug-likeness (QED) is 0.620. The summed E-state index contributed by atoms with van der Waals surface area (Å²) in [7, 11) is 3.53. The molecule has 0 bridgehead atoms. The van der Waals surface area contributed by atoms with Crippen LogP contribution in [0.4, 0.5) is 5.82 Å². The van der Waals surface area contributed by atoms with Gasteiger partial charge in [-0.2, -0.15) is 5.10 Å². The fourth-order valence-electron chi connectivity index (χ4n) is 3.60. The highest BCUT2D eigenvalue weighted by Gasteiger charge is 2.41. The summed E-state index contributed by atoms with van der Waals surface area (Å²) in [4.78, 5) is 15.5. The molecule has 1 aromatic heterocycles. The molecule has 7 nitrogen and oxygen atoms in total. The molecule has 7 heteroatoms. The lowest BCUT2D eigenvalue weighted by Crippen LogP contribution is -2.59. The van der Waals surface area contributed by atoms with E-state index in [1.54, 1.807) is 11.8 Å². The van der Waals surface area contributed by atoms with Crippen molar-refractivity contribution in [3.63, 3.8) is 0 Å². The number of aryl methyl sites for hydroxylation is 1. The first kappa shape index (κ1) is 20.7. The van der Waals surface area contributed by atoms with Crippen LogP contribution in [0, 0.1) is 5.92 Å². The van der Waals surface area contributed by atoms with Crippen molar-refractivity contribution in [3.05, 3.63) is 12.3 Å². The number of rotatable bonds is 10. The van der Waals surface area contributed by atoms with E-state index in [2.05, 4.69) is 34.5 Å². The van der Waals surface area contributed by atoms with Crippen molar-refractivity contribution in [2.24, 2.45) is 13.0 Å². The number of methoxy groups -OCH3 is 1. The van der Waals surface area contributed by atoms with Crippen LogP contribution in [0.25, 0.3) is 0 Å². The summed E-state index contributed by atoms with van der Waals surface area (Å²) in [5, 5.41) is 10.9. The second-order valence-corrected chi connectivity index (χ2v) is 7.31. The number of amides is 1. The Bertz CT molecular complexity index is 548. The van der Waals surface area contributed by atoms with Gasteiger partial charge in [0.05, 0.1) is 6.61 Å². The minimum atomic E-state index is -0.605. The third kappa shape index (κ3) is 5.45. The number of carbonyl (C=O) groups excluding carboxylic acids is 1. The van der Waals surface area contributed by atoms with Gasteiger partial charge >= 0.3 is 0 Å². The van der Waals surface area contributed by atoms with E-state index in [0.29, 0.717) is 13.2 Å². The van der Waals surface area contributed by atoms with Crippen LogP contribution in [-0.2, 0) is 16.6 Å². The number of nitrogens with zero attached hydrogens (tertiary/aromatic N) is 3. The second kappa shape index (κ2) is 9.92. The first-order valence-corrected chi connectivity index (χ1v) is 9.80. The molecule has 0 aromatic carbocycles. The van der Waals surface area contributed by atoms with Gasteiger partial charge in [0.1, 0.15) is 11.4 Å². The molecule has 0 radical (unpaired) electrons. The van der Waals surface area contributed by atoms with Crippen molar-refractivity contribution in [1.29, 1.82) is 0 Å². The van der Waals surface area contributed by atoms with Crippen molar-refractivity contribution in [2.75, 3.05) is 45.2 Å². The van der Waals surface area contributed by atoms with E-state index < -0.39 is 5.54 Å². The molecule has 0 unspecified atom stereocenters. The van der Waals surface area contributed by atoms with Gasteiger partial charge in [0, 0.05) is 52.6 Å². The summed E-state index contributed by atoms with van der Waals surface area (Å²) in [5.41, 5.74) is -0.605. The van der Waals surface area contributed by atoms with Gasteiger partial charge in [-0.15, -0.1) is 0 Å². The number of aromatic nitrogens is 2. The smallest absolute Gasteiger partial charge is 0.245 e. The number of anilines is 1. The standard InChI is InChI=1S/C19H35N5O2/c1-5-16(6-2)15-24-12-8-19(9-13-24,18(25)20-10-14-26-4)21-17-7-11-23(3)22-17/h7,11,16H,5-6,8-10,12-15H2,1-4H3,(H,20,25)(H,21,22). The fourth-order valence-corrected chi connectivity index (χ4v) is 3.60. The zero-order valence-electron chi connectivity index (χ0n) is 16.8. The summed E-state index contributed by atoms with van der Waals surface area (Å²) in [6.07, 6.45) is 5.87. The van der Waals surface area contributed by atoms with E-state index in [4.69, 9.17) is 4.74 Å². The number of ether oxygens (including phenoxy) is 1. The third-order valence-electron chi connectivity index (χ3n) is 5.49. The summed E-state index contributed by atoms with van der Waals surface area (Å²) >= 11 is 0. The lowest BCUT2D eigenvalue weighted by atomic mass is 9.85. The first-order chi connectivity index (χ1) is 12.5. The van der Waals surface area contributed by atoms with Gasteiger partial charge in [-0.3, -0.25) is 9.48 Å². The Labute approximate surface area is 157 Å². The van der Waals surface area contributed by atoms with E-state index in [1.165, 1.54) is 12.8 Å². The molecule has 2 N–H and O–H groups in total. The van der Waals surface area contributed by atoms with Crippen LogP contribution in [0.2, 0.25) is 0 Å². The van der Waals surface area contributed by atoms with Crippen LogP contribution in [-0.4, -0.2) is 66.0 Å². The van der Waals surface area contributed by atoms with Gasteiger partial charge < -0.3 is 20.3 Å². The van der Waals surface area contributed by atoms with Crippen LogP contribution in [0.3, 0.4) is 0 Å². The van der Waals surface area contributed by atoms with Crippen molar-refractivity contribution < 1.29 is 9.53 Å². The lowest BCUT2D eigenvalue weighted by molar-refractivity contribution is -0.127. The maximum atomic E-state index is 13.0. The minimum absolute atomic E-state index is 0.0439. The molecule has 0 aliphatic carbocycles. The molecule has 0 saturated carbocycles. The van der Waals surface area contributed by atoms with Gasteiger partial charge in [0.15, 0.2) is 0 Å². The highest BCUT2D eigenvalue weighted by atomic mass is 16.5. The van der Waals surface area contributed by atoms with Crippen LogP contribution in [0.5, 0.6) is 0 Å². The predicted octanol–water partition coefficient (Wildman–Crippen LogP) is 1.87. The Kier molecular flexibility index (Phi) is 7.90. The van der Waals surface area contributed by atoms with Gasteiger partial charge in [0.25, 0.3) is 0 Å². The SMILES string of the molecule is CCC(CC)CN1CCC(Nc2ccn(C)n2)(C(=O)NCCOC)CC1. The largest absolute Gasteiger partial charge is 0.383 e. The van der Waals surface area contributed by atoms with Crippen molar-refractivity contribution in [1.82, 2.24) is 20.0 Å². The number of nitrogens with one attached hydrogen (secondary N) is 2. The van der Waals surface area contributed by atoms with Crippen LogP contribution in [0.15, 0.2) is 12.3 Å². The maximum absolute atomic E-state index is 13.0. The Hall–Kier alpha value is -1.60. The predicted molar refractivity (Wildman–Crippen MR) is 104 cm³/mol. The molecular formula is C19H35N5O2. The van der Waals surface area contributed by atoms with Gasteiger partial charge in [-0.1, -0.05) is 26.7 Å². The van der Waals surface area contributed by atoms with Gasteiger partial charge in [-0.25, -0.2) is 0 Å². The molecule has 2 rings (SSSR count). The highest BCUT2D eigenvalue weighted by Crippen LogP contribution is 2.28. The molecule has 1 saturated heterocycles. The zero-order valence-corrected chi connectivity index (χ0v) is 16.8. The van der Waals surface area contributed by atoms with E-state index in [9.17, 15) is 4.79 Å². The van der Waals surface area contributed by atoms with Crippen molar-refractivity contribution in [3.8, 4) is 0 Å². The molecule has 148 valence electrons. The molecule has 0 atom stereocenters. The molecule has 1 amide bonds. The van der Waals surface area contributed by atoms with Crippen LogP contribution < -0.4 is 10.6 Å². The number of likely N-dealkylation sites (tertiary alicyclic amines) is 1. The molecule has 1 aliphatic rings. The maximum Gasteiger partial charge on any atom is 0.245 e. The number of piperidine rings is 1. The first-order valence-electron chi connectivity index (χ1n) is 9.80. The molecule has 1 aliphatic heterocycles. The van der Waals surface area contributed by atoms with E-state index >= 15 is 0 Å². The molecule has 1 fully saturated rings. The summed E-state index contributed by atoms with van der Waals surface area (Å²) in [6.45, 7) is 8.53. The average molecular weight is 366 g/mol. The Morgan fingerprint density at radius 3 is 2.58 bits per heavy atom. The van der Waals surface area contributed by atoms with Crippen molar-refractivity contribution >= 4 is 11.7 Å². The van der Waals surface area contributed by atoms with E-state index in [0.717, 1.165) is 44.2 Å². The molecule has 26 heavy (non-hydrogen) atoms. The van der Waals surface area contributed by atoms with E-state index in [-0.39, 0.29) is 5.91 Å². The topological polar surface area (TPSA) is 71.4 Å². The summed E-state index contributed by atoms with van der Waals surface area (Å²) in [5.74, 6) is 1.53. The normalized spacial score (nSPS) is 17.4. The molecule has 0 spiro atoms. The Balaban J connectivity index is 2.04. The van der Waals surface area contributed by atoms with Crippen LogP contribution >= 0.6 is 0 Å². The van der Waals surface area contributed by atoms with Crippen LogP contribution in [0.1, 0.15) is 39.5 Å². The average Bonchev–Trinajstić information content (AvgIpc) is 3.05. The van der Waals surface area contributed by atoms with E-state index in [1.807, 2.05) is 19.3 Å². The highest BCUT2D eigenvalue weighted by molar-refractivity contribution is 5.89. The minimum Gasteiger partial charge on any atom is -0.383 e. The summed E-state index contributed by atoms with van der Waals surface area (Å²) < 4.78 is 6.81. The zero-order chi connectivity index (χ0) is 19.0. The molecule has 1 aromatic rings. The van der Waals surface area contributed by atoms with Gasteiger partial charge in [-0.05, 0) is 18.8 Å². The number of hydrogen-bond acceptors (Lipinski definition) is 5. The fraction of sp³-hybridized carbons (Fsp3) is 0.789. The Morgan fingerprint density at radius 1 is 1.35 bits per heavy atom.